The van der Waals surface area contributed by atoms with Crippen molar-refractivity contribution >= 4 is 6.16 Å². The molecule has 0 aromatic rings. The van der Waals surface area contributed by atoms with E-state index in [2.05, 4.69) is 4.74 Å². The maximum absolute atomic E-state index is 10.5. The highest BCUT2D eigenvalue weighted by atomic mass is 16.8. The zero-order chi connectivity index (χ0) is 8.48. The number of rotatable bonds is 2. The maximum Gasteiger partial charge on any atom is 0.509 e. The van der Waals surface area contributed by atoms with Gasteiger partial charge in [-0.1, -0.05) is 0 Å². The van der Waals surface area contributed by atoms with Gasteiger partial charge < -0.3 is 14.0 Å². The van der Waals surface area contributed by atoms with Crippen LogP contribution in [-0.4, -0.2) is 51.0 Å². The molecule has 0 aromatic carbocycles. The molecule has 64 valence electrons. The zero-order valence-electron chi connectivity index (χ0n) is 7.16. The second-order valence-corrected chi connectivity index (χ2v) is 3.77. The fraction of sp³-hybridized carbons (Fsp3) is 0.857. The fourth-order valence-corrected chi connectivity index (χ4v) is 1.07. The van der Waals surface area contributed by atoms with Crippen LogP contribution in [0.3, 0.4) is 0 Å². The van der Waals surface area contributed by atoms with Gasteiger partial charge in [-0.05, 0) is 0 Å². The molecule has 1 heterocycles. The van der Waals surface area contributed by atoms with Gasteiger partial charge in [0, 0.05) is 0 Å². The summed E-state index contributed by atoms with van der Waals surface area (Å²) in [5.41, 5.74) is 0. The zero-order valence-corrected chi connectivity index (χ0v) is 7.16. The Kier molecular flexibility index (Phi) is 2.04. The number of carbonyl (C=O) groups excluding carboxylic acids is 1. The van der Waals surface area contributed by atoms with E-state index >= 15 is 0 Å². The molecule has 1 rings (SSSR count). The van der Waals surface area contributed by atoms with E-state index in [1.165, 1.54) is 0 Å². The van der Waals surface area contributed by atoms with Crippen molar-refractivity contribution < 1.29 is 18.8 Å². The van der Waals surface area contributed by atoms with Gasteiger partial charge in [-0.15, -0.1) is 0 Å². The molecule has 0 amide bonds. The van der Waals surface area contributed by atoms with Crippen molar-refractivity contribution in [2.45, 2.75) is 6.10 Å². The van der Waals surface area contributed by atoms with Crippen LogP contribution in [0.4, 0.5) is 4.79 Å². The van der Waals surface area contributed by atoms with Gasteiger partial charge in [0.1, 0.15) is 13.2 Å². The molecule has 0 N–H and O–H groups in total. The van der Waals surface area contributed by atoms with Crippen molar-refractivity contribution in [3.63, 3.8) is 0 Å². The molecule has 1 unspecified atom stereocenters. The Bertz CT molecular complexity index is 162. The summed E-state index contributed by atoms with van der Waals surface area (Å²) in [7, 11) is 6.14. The Morgan fingerprint density at radius 2 is 2.18 bits per heavy atom. The summed E-state index contributed by atoms with van der Waals surface area (Å²) < 4.78 is 10.3. The third kappa shape index (κ3) is 2.76. The van der Waals surface area contributed by atoms with E-state index in [4.69, 9.17) is 4.74 Å². The van der Waals surface area contributed by atoms with Gasteiger partial charge in [0.25, 0.3) is 0 Å². The van der Waals surface area contributed by atoms with Gasteiger partial charge >= 0.3 is 6.16 Å². The first-order valence-electron chi connectivity index (χ1n) is 3.61. The quantitative estimate of drug-likeness (QED) is 0.428. The number of quaternary nitrogens is 1. The molecule has 1 saturated heterocycles. The Balaban J connectivity index is 2.34. The summed E-state index contributed by atoms with van der Waals surface area (Å²) in [5, 5.41) is 0. The predicted molar refractivity (Wildman–Crippen MR) is 39.1 cm³/mol. The smallest absolute Gasteiger partial charge is 0.430 e. The van der Waals surface area contributed by atoms with Crippen molar-refractivity contribution in [2.75, 3.05) is 34.3 Å². The third-order valence-electron chi connectivity index (χ3n) is 1.40. The van der Waals surface area contributed by atoms with Crippen molar-refractivity contribution in [3.8, 4) is 0 Å². The summed E-state index contributed by atoms with van der Waals surface area (Å²) in [4.78, 5) is 10.5. The molecule has 0 spiro atoms. The first-order valence-corrected chi connectivity index (χ1v) is 3.61. The monoisotopic (exact) mass is 160 g/mol. The first kappa shape index (κ1) is 8.33. The molecule has 1 atom stereocenters. The van der Waals surface area contributed by atoms with Gasteiger partial charge in [0.15, 0.2) is 6.10 Å². The lowest BCUT2D eigenvalue weighted by Crippen LogP contribution is -2.42. The van der Waals surface area contributed by atoms with E-state index < -0.39 is 6.16 Å². The average Bonchev–Trinajstić information content (AvgIpc) is 2.10. The summed E-state index contributed by atoms with van der Waals surface area (Å²) in [6.07, 6.45) is -0.606. The molecule has 0 saturated carbocycles. The number of hydrogen-bond acceptors (Lipinski definition) is 3. The minimum Gasteiger partial charge on any atom is -0.430 e. The fourth-order valence-electron chi connectivity index (χ4n) is 1.07. The molecule has 0 aromatic heterocycles. The van der Waals surface area contributed by atoms with Crippen LogP contribution in [0.25, 0.3) is 0 Å². The van der Waals surface area contributed by atoms with E-state index in [1.54, 1.807) is 0 Å². The second kappa shape index (κ2) is 2.70. The molecule has 0 bridgehead atoms. The Labute approximate surface area is 66.3 Å². The minimum absolute atomic E-state index is 0.0671. The molecule has 0 radical (unpaired) electrons. The van der Waals surface area contributed by atoms with Crippen LogP contribution < -0.4 is 0 Å². The summed E-state index contributed by atoms with van der Waals surface area (Å²) >= 11 is 0. The van der Waals surface area contributed by atoms with E-state index in [-0.39, 0.29) is 6.10 Å². The molecule has 4 nitrogen and oxygen atoms in total. The lowest BCUT2D eigenvalue weighted by Gasteiger charge is -2.25. The number of hydrogen-bond donors (Lipinski definition) is 0. The van der Waals surface area contributed by atoms with Crippen LogP contribution in [0.15, 0.2) is 0 Å². The second-order valence-electron chi connectivity index (χ2n) is 3.77. The van der Waals surface area contributed by atoms with Crippen molar-refractivity contribution in [2.24, 2.45) is 0 Å². The number of likely N-dealkylation sites (N-methyl/N-ethyl adjacent to an activating group) is 1. The highest BCUT2D eigenvalue weighted by Gasteiger charge is 2.29. The Hall–Kier alpha value is -0.770. The minimum atomic E-state index is -0.538. The van der Waals surface area contributed by atoms with Gasteiger partial charge in [-0.2, -0.15) is 0 Å². The van der Waals surface area contributed by atoms with Crippen LogP contribution in [0.5, 0.6) is 0 Å². The number of cyclic esters (lactones) is 2. The average molecular weight is 160 g/mol. The SMILES string of the molecule is C[N+](C)(C)CC1COC(=O)O1. The summed E-state index contributed by atoms with van der Waals surface area (Å²) in [6.45, 7) is 1.19. The lowest BCUT2D eigenvalue weighted by molar-refractivity contribution is -0.873. The van der Waals surface area contributed by atoms with E-state index in [1.807, 2.05) is 21.1 Å². The van der Waals surface area contributed by atoms with Crippen LogP contribution in [0, 0.1) is 0 Å². The van der Waals surface area contributed by atoms with Gasteiger partial charge in [-0.3, -0.25) is 0 Å². The first-order chi connectivity index (χ1) is 4.97. The van der Waals surface area contributed by atoms with E-state index in [0.717, 1.165) is 11.0 Å². The van der Waals surface area contributed by atoms with Gasteiger partial charge in [0.2, 0.25) is 0 Å². The molecular weight excluding hydrogens is 146 g/mol. The van der Waals surface area contributed by atoms with Gasteiger partial charge in [0.05, 0.1) is 21.1 Å². The Morgan fingerprint density at radius 1 is 1.55 bits per heavy atom. The normalized spacial score (nSPS) is 24.6. The molecule has 0 aliphatic carbocycles. The number of carbonyl (C=O) groups is 1. The summed E-state index contributed by atoms with van der Waals surface area (Å²) in [6, 6.07) is 0. The molecular formula is C7H14NO3+. The van der Waals surface area contributed by atoms with Gasteiger partial charge in [-0.25, -0.2) is 4.79 Å². The predicted octanol–water partition coefficient (Wildman–Crippen LogP) is 0.228. The highest BCUT2D eigenvalue weighted by molar-refractivity contribution is 5.61. The largest absolute Gasteiger partial charge is 0.509 e. The maximum atomic E-state index is 10.5. The molecule has 4 heteroatoms. The van der Waals surface area contributed by atoms with Crippen LogP contribution >= 0.6 is 0 Å². The molecule has 1 aliphatic rings. The van der Waals surface area contributed by atoms with Crippen molar-refractivity contribution in [3.05, 3.63) is 0 Å². The molecule has 1 fully saturated rings. The molecule has 11 heavy (non-hydrogen) atoms. The van der Waals surface area contributed by atoms with Crippen LogP contribution in [-0.2, 0) is 9.47 Å². The van der Waals surface area contributed by atoms with E-state index in [9.17, 15) is 4.79 Å². The number of ether oxygens (including phenoxy) is 2. The van der Waals surface area contributed by atoms with Crippen molar-refractivity contribution in [1.82, 2.24) is 0 Å². The molecule has 1 aliphatic heterocycles. The number of nitrogens with zero attached hydrogens (tertiary/aromatic N) is 1. The third-order valence-corrected chi connectivity index (χ3v) is 1.40. The highest BCUT2D eigenvalue weighted by Crippen LogP contribution is 2.08. The standard InChI is InChI=1S/C7H14NO3/c1-8(2,3)4-6-5-10-7(9)11-6/h6H,4-5H2,1-3H3/q+1. The van der Waals surface area contributed by atoms with Crippen molar-refractivity contribution in [1.29, 1.82) is 0 Å². The van der Waals surface area contributed by atoms with E-state index in [0.29, 0.717) is 6.61 Å². The topological polar surface area (TPSA) is 35.5 Å². The van der Waals surface area contributed by atoms with Crippen LogP contribution in [0.2, 0.25) is 0 Å². The Morgan fingerprint density at radius 3 is 2.55 bits per heavy atom. The summed E-state index contributed by atoms with van der Waals surface area (Å²) in [5.74, 6) is 0. The lowest BCUT2D eigenvalue weighted by atomic mass is 10.3. The van der Waals surface area contributed by atoms with Crippen LogP contribution in [0.1, 0.15) is 0 Å².